The number of nitrogens with zero attached hydrogens (tertiary/aromatic N) is 4. The van der Waals surface area contributed by atoms with E-state index in [-0.39, 0.29) is 0 Å². The maximum absolute atomic E-state index is 4.63. The van der Waals surface area contributed by atoms with Gasteiger partial charge >= 0.3 is 0 Å². The van der Waals surface area contributed by atoms with E-state index in [1.807, 2.05) is 13.1 Å². The number of hydrogen-bond donors (Lipinski definition) is 2. The summed E-state index contributed by atoms with van der Waals surface area (Å²) in [5, 5.41) is 6.93. The molecule has 0 saturated carbocycles. The van der Waals surface area contributed by atoms with Crippen LogP contribution in [0.25, 0.3) is 11.0 Å². The third kappa shape index (κ3) is 4.36. The molecular weight excluding hydrogens is 324 g/mol. The zero-order valence-electron chi connectivity index (χ0n) is 16.3. The average molecular weight is 357 g/mol. The number of likely N-dealkylation sites (N-methyl/N-ethyl adjacent to an activating group) is 1. The molecule has 0 spiro atoms. The molecule has 1 aromatic carbocycles. The first-order chi connectivity index (χ1) is 12.7. The van der Waals surface area contributed by atoms with Crippen molar-refractivity contribution in [1.82, 2.24) is 25.1 Å². The third-order valence-corrected chi connectivity index (χ3v) is 5.33. The van der Waals surface area contributed by atoms with E-state index in [1.165, 1.54) is 24.9 Å². The second kappa shape index (κ2) is 9.03. The standard InChI is InChI=1S/C20H32N6/c1-4-25-13-7-9-17(25)15-23-20(21-3)22-12-8-14-26-16(2)24-18-10-5-6-11-19(18)26/h5-6,10-11,17H,4,7-9,12-15H2,1-3H3,(H2,21,22,23). The number of likely N-dealkylation sites (tertiary alicyclic amines) is 1. The molecule has 26 heavy (non-hydrogen) atoms. The molecule has 3 rings (SSSR count). The SMILES string of the molecule is CCN1CCCC1CNC(=NC)NCCCn1c(C)nc2ccccc21. The predicted molar refractivity (Wildman–Crippen MR) is 109 cm³/mol. The van der Waals surface area contributed by atoms with Crippen molar-refractivity contribution in [3.05, 3.63) is 30.1 Å². The molecule has 0 amide bonds. The predicted octanol–water partition coefficient (Wildman–Crippen LogP) is 2.38. The fourth-order valence-corrected chi connectivity index (χ4v) is 3.90. The molecule has 6 nitrogen and oxygen atoms in total. The summed E-state index contributed by atoms with van der Waals surface area (Å²) >= 11 is 0. The molecule has 142 valence electrons. The van der Waals surface area contributed by atoms with Gasteiger partial charge in [0, 0.05) is 32.7 Å². The van der Waals surface area contributed by atoms with E-state index in [0.29, 0.717) is 6.04 Å². The Bertz CT molecular complexity index is 735. The molecule has 0 bridgehead atoms. The summed E-state index contributed by atoms with van der Waals surface area (Å²) in [5.41, 5.74) is 2.29. The normalized spacial score (nSPS) is 18.6. The largest absolute Gasteiger partial charge is 0.356 e. The summed E-state index contributed by atoms with van der Waals surface area (Å²) in [6, 6.07) is 8.97. The molecule has 1 unspecified atom stereocenters. The highest BCUT2D eigenvalue weighted by molar-refractivity contribution is 5.79. The number of aromatic nitrogens is 2. The lowest BCUT2D eigenvalue weighted by Gasteiger charge is -2.24. The topological polar surface area (TPSA) is 57.5 Å². The summed E-state index contributed by atoms with van der Waals surface area (Å²) < 4.78 is 2.30. The second-order valence-electron chi connectivity index (χ2n) is 6.96. The summed E-state index contributed by atoms with van der Waals surface area (Å²) in [5.74, 6) is 1.98. The summed E-state index contributed by atoms with van der Waals surface area (Å²) in [7, 11) is 1.84. The summed E-state index contributed by atoms with van der Waals surface area (Å²) in [6.07, 6.45) is 3.63. The van der Waals surface area contributed by atoms with E-state index in [9.17, 15) is 0 Å². The molecule has 6 heteroatoms. The van der Waals surface area contributed by atoms with E-state index in [1.54, 1.807) is 0 Å². The zero-order valence-corrected chi connectivity index (χ0v) is 16.3. The zero-order chi connectivity index (χ0) is 18.4. The molecule has 2 heterocycles. The lowest BCUT2D eigenvalue weighted by molar-refractivity contribution is 0.267. The van der Waals surface area contributed by atoms with Crippen molar-refractivity contribution in [3.63, 3.8) is 0 Å². The first-order valence-electron chi connectivity index (χ1n) is 9.83. The van der Waals surface area contributed by atoms with Gasteiger partial charge in [0.05, 0.1) is 11.0 Å². The Labute approximate surface area is 156 Å². The number of fused-ring (bicyclic) bond motifs is 1. The molecule has 1 atom stereocenters. The average Bonchev–Trinajstić information content (AvgIpc) is 3.24. The number of imidazole rings is 1. The summed E-state index contributed by atoms with van der Waals surface area (Å²) in [4.78, 5) is 11.5. The van der Waals surface area contributed by atoms with E-state index in [0.717, 1.165) is 49.9 Å². The van der Waals surface area contributed by atoms with Crippen molar-refractivity contribution < 1.29 is 0 Å². The maximum Gasteiger partial charge on any atom is 0.191 e. The van der Waals surface area contributed by atoms with Crippen LogP contribution in [0, 0.1) is 6.92 Å². The smallest absolute Gasteiger partial charge is 0.191 e. The highest BCUT2D eigenvalue weighted by Crippen LogP contribution is 2.16. The highest BCUT2D eigenvalue weighted by atomic mass is 15.2. The fraction of sp³-hybridized carbons (Fsp3) is 0.600. The van der Waals surface area contributed by atoms with Gasteiger partial charge in [-0.3, -0.25) is 9.89 Å². The van der Waals surface area contributed by atoms with Crippen molar-refractivity contribution in [2.24, 2.45) is 4.99 Å². The molecule has 1 aromatic heterocycles. The molecule has 0 aliphatic carbocycles. The number of benzene rings is 1. The number of guanidine groups is 1. The van der Waals surface area contributed by atoms with Gasteiger partial charge in [-0.05, 0) is 51.4 Å². The van der Waals surface area contributed by atoms with Gasteiger partial charge in [-0.25, -0.2) is 4.98 Å². The van der Waals surface area contributed by atoms with Crippen LogP contribution in [0.5, 0.6) is 0 Å². The minimum atomic E-state index is 0.638. The van der Waals surface area contributed by atoms with Crippen LogP contribution >= 0.6 is 0 Å². The molecule has 1 saturated heterocycles. The molecule has 1 aliphatic heterocycles. The van der Waals surface area contributed by atoms with E-state index >= 15 is 0 Å². The van der Waals surface area contributed by atoms with Crippen molar-refractivity contribution in [3.8, 4) is 0 Å². The minimum absolute atomic E-state index is 0.638. The Morgan fingerprint density at radius 2 is 2.15 bits per heavy atom. The number of rotatable bonds is 7. The lowest BCUT2D eigenvalue weighted by atomic mass is 10.2. The van der Waals surface area contributed by atoms with Crippen LogP contribution in [0.1, 0.15) is 32.0 Å². The number of aliphatic imine (C=N–C) groups is 1. The van der Waals surface area contributed by atoms with Crippen molar-refractivity contribution >= 4 is 17.0 Å². The van der Waals surface area contributed by atoms with Crippen LogP contribution in [0.2, 0.25) is 0 Å². The first-order valence-corrected chi connectivity index (χ1v) is 9.83. The third-order valence-electron chi connectivity index (χ3n) is 5.33. The fourth-order valence-electron chi connectivity index (χ4n) is 3.90. The van der Waals surface area contributed by atoms with E-state index < -0.39 is 0 Å². The number of para-hydroxylation sites is 2. The Balaban J connectivity index is 1.44. The van der Waals surface area contributed by atoms with E-state index in [2.05, 4.69) is 62.1 Å². The van der Waals surface area contributed by atoms with Crippen LogP contribution < -0.4 is 10.6 Å². The Morgan fingerprint density at radius 3 is 2.96 bits per heavy atom. The van der Waals surface area contributed by atoms with Gasteiger partial charge in [-0.2, -0.15) is 0 Å². The monoisotopic (exact) mass is 356 g/mol. The van der Waals surface area contributed by atoms with Crippen LogP contribution in [0.15, 0.2) is 29.3 Å². The number of aryl methyl sites for hydroxylation is 2. The number of hydrogen-bond acceptors (Lipinski definition) is 3. The van der Waals surface area contributed by atoms with Crippen molar-refractivity contribution in [1.29, 1.82) is 0 Å². The first kappa shape index (κ1) is 18.7. The summed E-state index contributed by atoms with van der Waals surface area (Å²) in [6.45, 7) is 9.51. The lowest BCUT2D eigenvalue weighted by Crippen LogP contribution is -2.45. The minimum Gasteiger partial charge on any atom is -0.356 e. The van der Waals surface area contributed by atoms with Crippen molar-refractivity contribution in [2.75, 3.05) is 33.2 Å². The van der Waals surface area contributed by atoms with Gasteiger partial charge in [-0.15, -0.1) is 0 Å². The number of nitrogens with one attached hydrogen (secondary N) is 2. The van der Waals surface area contributed by atoms with Crippen LogP contribution in [0.4, 0.5) is 0 Å². The molecule has 1 aliphatic rings. The van der Waals surface area contributed by atoms with Gasteiger partial charge in [0.2, 0.25) is 0 Å². The molecule has 1 fully saturated rings. The molecular formula is C20H32N6. The van der Waals surface area contributed by atoms with Crippen LogP contribution in [-0.4, -0.2) is 59.7 Å². The Morgan fingerprint density at radius 1 is 1.31 bits per heavy atom. The van der Waals surface area contributed by atoms with E-state index in [4.69, 9.17) is 0 Å². The molecule has 2 aromatic rings. The molecule has 2 N–H and O–H groups in total. The van der Waals surface area contributed by atoms with Crippen molar-refractivity contribution in [2.45, 2.75) is 45.7 Å². The van der Waals surface area contributed by atoms with Crippen LogP contribution in [0.3, 0.4) is 0 Å². The highest BCUT2D eigenvalue weighted by Gasteiger charge is 2.22. The van der Waals surface area contributed by atoms with Gasteiger partial charge in [0.15, 0.2) is 5.96 Å². The Kier molecular flexibility index (Phi) is 6.50. The van der Waals surface area contributed by atoms with Crippen LogP contribution in [-0.2, 0) is 6.54 Å². The second-order valence-corrected chi connectivity index (χ2v) is 6.96. The maximum atomic E-state index is 4.63. The quantitative estimate of drug-likeness (QED) is 0.454. The van der Waals surface area contributed by atoms with Gasteiger partial charge in [0.1, 0.15) is 5.82 Å². The Hall–Kier alpha value is -2.08. The van der Waals surface area contributed by atoms with Gasteiger partial charge in [0.25, 0.3) is 0 Å². The van der Waals surface area contributed by atoms with Gasteiger partial charge < -0.3 is 15.2 Å². The van der Waals surface area contributed by atoms with Gasteiger partial charge in [-0.1, -0.05) is 19.1 Å². The molecule has 0 radical (unpaired) electrons.